The molecule has 0 amide bonds. The number of imidazole rings is 1. The number of aromatic nitrogens is 2. The van der Waals surface area contributed by atoms with Crippen molar-refractivity contribution < 1.29 is 0 Å². The Kier molecular flexibility index (Phi) is 3.80. The summed E-state index contributed by atoms with van der Waals surface area (Å²) in [5, 5.41) is 0. The second-order valence-electron chi connectivity index (χ2n) is 5.07. The largest absolute Gasteiger partial charge is 0.328 e. The number of hydrogen-bond donors (Lipinski definition) is 0. The van der Waals surface area contributed by atoms with Gasteiger partial charge in [-0.05, 0) is 35.4 Å². The Hall–Kier alpha value is -1.33. The van der Waals surface area contributed by atoms with E-state index in [1.165, 1.54) is 5.56 Å². The van der Waals surface area contributed by atoms with Gasteiger partial charge < -0.3 is 0 Å². The Morgan fingerprint density at radius 3 is 2.33 bits per heavy atom. The summed E-state index contributed by atoms with van der Waals surface area (Å²) in [4.78, 5) is 12.1. The number of benzene rings is 2. The summed E-state index contributed by atoms with van der Waals surface area (Å²) in [5.74, 6) is 0. The smallest absolute Gasteiger partial charge is 0.295 e. The van der Waals surface area contributed by atoms with Gasteiger partial charge in [-0.2, -0.15) is 0 Å². The van der Waals surface area contributed by atoms with Gasteiger partial charge in [0.05, 0.1) is 15.9 Å². The lowest BCUT2D eigenvalue weighted by atomic mass is 10.0. The van der Waals surface area contributed by atoms with Crippen LogP contribution in [0.4, 0.5) is 0 Å². The number of nitrogens with zero attached hydrogens (tertiary/aromatic N) is 2. The van der Waals surface area contributed by atoms with E-state index in [0.717, 1.165) is 21.1 Å². The summed E-state index contributed by atoms with van der Waals surface area (Å²) < 4.78 is 4.40. The molecular formula is C16H14Br2N2O. The Labute approximate surface area is 139 Å². The average Bonchev–Trinajstić information content (AvgIpc) is 2.71. The van der Waals surface area contributed by atoms with Crippen molar-refractivity contribution in [1.29, 1.82) is 0 Å². The van der Waals surface area contributed by atoms with Crippen LogP contribution in [-0.2, 0) is 14.1 Å². The fourth-order valence-electron chi connectivity index (χ4n) is 2.54. The van der Waals surface area contributed by atoms with Gasteiger partial charge in [0.15, 0.2) is 0 Å². The summed E-state index contributed by atoms with van der Waals surface area (Å²) in [5.41, 5.74) is 4.18. The highest BCUT2D eigenvalue weighted by atomic mass is 79.9. The number of alkyl halides is 1. The molecule has 0 saturated carbocycles. The van der Waals surface area contributed by atoms with E-state index in [4.69, 9.17) is 0 Å². The van der Waals surface area contributed by atoms with Crippen molar-refractivity contribution in [1.82, 2.24) is 9.13 Å². The zero-order valence-electron chi connectivity index (χ0n) is 11.7. The monoisotopic (exact) mass is 408 g/mol. The first-order valence-corrected chi connectivity index (χ1v) is 8.25. The third-order valence-corrected chi connectivity index (χ3v) is 5.28. The molecule has 0 saturated heterocycles. The predicted octanol–water partition coefficient (Wildman–Crippen LogP) is 4.12. The zero-order valence-corrected chi connectivity index (χ0v) is 14.8. The molecule has 5 heteroatoms. The Bertz CT molecular complexity index is 880. The minimum atomic E-state index is -0.00396. The summed E-state index contributed by atoms with van der Waals surface area (Å²) in [6, 6.07) is 14.3. The molecule has 0 aliphatic carbocycles. The Morgan fingerprint density at radius 2 is 1.62 bits per heavy atom. The number of halogens is 2. The van der Waals surface area contributed by atoms with Gasteiger partial charge in [-0.25, -0.2) is 4.79 Å². The maximum absolute atomic E-state index is 12.0. The molecule has 108 valence electrons. The van der Waals surface area contributed by atoms with Crippen molar-refractivity contribution in [2.45, 2.75) is 4.83 Å². The topological polar surface area (TPSA) is 26.9 Å². The van der Waals surface area contributed by atoms with Gasteiger partial charge in [0, 0.05) is 18.6 Å². The van der Waals surface area contributed by atoms with Crippen molar-refractivity contribution in [2.24, 2.45) is 14.1 Å². The molecule has 1 atom stereocenters. The van der Waals surface area contributed by atoms with Crippen molar-refractivity contribution >= 4 is 42.9 Å². The highest BCUT2D eigenvalue weighted by Gasteiger charge is 2.14. The number of fused-ring (bicyclic) bond motifs is 1. The van der Waals surface area contributed by atoms with Crippen LogP contribution in [0.25, 0.3) is 11.0 Å². The second kappa shape index (κ2) is 5.46. The number of hydrogen-bond acceptors (Lipinski definition) is 1. The lowest BCUT2D eigenvalue weighted by Gasteiger charge is -2.11. The van der Waals surface area contributed by atoms with E-state index in [0.29, 0.717) is 0 Å². The Balaban J connectivity index is 2.13. The van der Waals surface area contributed by atoms with Crippen molar-refractivity contribution in [3.05, 3.63) is 68.5 Å². The van der Waals surface area contributed by atoms with Crippen molar-refractivity contribution in [2.75, 3.05) is 0 Å². The van der Waals surface area contributed by atoms with E-state index in [1.807, 2.05) is 18.2 Å². The summed E-state index contributed by atoms with van der Waals surface area (Å²) in [6.07, 6.45) is 0. The Morgan fingerprint density at radius 1 is 0.952 bits per heavy atom. The summed E-state index contributed by atoms with van der Waals surface area (Å²) in [6.45, 7) is 0. The molecule has 2 aromatic carbocycles. The van der Waals surface area contributed by atoms with Crippen molar-refractivity contribution in [3.63, 3.8) is 0 Å². The lowest BCUT2D eigenvalue weighted by Crippen LogP contribution is -2.19. The van der Waals surface area contributed by atoms with Gasteiger partial charge in [-0.1, -0.05) is 50.1 Å². The highest BCUT2D eigenvalue weighted by Crippen LogP contribution is 2.33. The molecule has 0 N–H and O–H groups in total. The normalized spacial score (nSPS) is 12.8. The van der Waals surface area contributed by atoms with E-state index in [9.17, 15) is 4.79 Å². The van der Waals surface area contributed by atoms with Crippen LogP contribution in [-0.4, -0.2) is 9.13 Å². The molecule has 0 spiro atoms. The molecule has 0 aliphatic heterocycles. The first kappa shape index (κ1) is 14.6. The van der Waals surface area contributed by atoms with E-state index in [1.54, 1.807) is 23.2 Å². The predicted molar refractivity (Wildman–Crippen MR) is 93.1 cm³/mol. The van der Waals surface area contributed by atoms with Gasteiger partial charge in [-0.3, -0.25) is 9.13 Å². The molecule has 3 nitrogen and oxygen atoms in total. The van der Waals surface area contributed by atoms with Gasteiger partial charge in [0.2, 0.25) is 0 Å². The molecule has 3 rings (SSSR count). The SMILES string of the molecule is Cn1c(=O)n(C)c2cc(C(Br)c3cccc(Br)c3)ccc21. The first-order chi connectivity index (χ1) is 9.99. The van der Waals surface area contributed by atoms with Crippen LogP contribution in [0.15, 0.2) is 51.7 Å². The maximum Gasteiger partial charge on any atom is 0.328 e. The fraction of sp³-hybridized carbons (Fsp3) is 0.188. The minimum absolute atomic E-state index is 0.00396. The van der Waals surface area contributed by atoms with E-state index >= 15 is 0 Å². The van der Waals surface area contributed by atoms with Crippen LogP contribution in [0, 0.1) is 0 Å². The van der Waals surface area contributed by atoms with E-state index in [-0.39, 0.29) is 10.5 Å². The average molecular weight is 410 g/mol. The summed E-state index contributed by atoms with van der Waals surface area (Å²) >= 11 is 7.25. The van der Waals surface area contributed by atoms with Crippen LogP contribution < -0.4 is 5.69 Å². The van der Waals surface area contributed by atoms with Crippen LogP contribution in [0.2, 0.25) is 0 Å². The molecule has 21 heavy (non-hydrogen) atoms. The molecule has 0 bridgehead atoms. The molecule has 1 heterocycles. The standard InChI is InChI=1S/C16H14Br2N2O/c1-19-13-7-6-11(9-14(13)20(2)16(19)21)15(18)10-4-3-5-12(17)8-10/h3-9,15H,1-2H3. The van der Waals surface area contributed by atoms with E-state index < -0.39 is 0 Å². The van der Waals surface area contributed by atoms with Crippen molar-refractivity contribution in [3.8, 4) is 0 Å². The molecule has 0 aliphatic rings. The van der Waals surface area contributed by atoms with Gasteiger partial charge in [-0.15, -0.1) is 0 Å². The quantitative estimate of drug-likeness (QED) is 0.584. The molecule has 1 aromatic heterocycles. The fourth-order valence-corrected chi connectivity index (χ4v) is 3.52. The lowest BCUT2D eigenvalue weighted by molar-refractivity contribution is 0.795. The van der Waals surface area contributed by atoms with Gasteiger partial charge in [0.1, 0.15) is 0 Å². The van der Waals surface area contributed by atoms with Gasteiger partial charge in [0.25, 0.3) is 0 Å². The molecule has 0 fully saturated rings. The highest BCUT2D eigenvalue weighted by molar-refractivity contribution is 9.10. The molecule has 3 aromatic rings. The maximum atomic E-state index is 12.0. The van der Waals surface area contributed by atoms with Crippen LogP contribution >= 0.6 is 31.9 Å². The zero-order chi connectivity index (χ0) is 15.1. The van der Waals surface area contributed by atoms with Gasteiger partial charge >= 0.3 is 5.69 Å². The molecule has 1 unspecified atom stereocenters. The van der Waals surface area contributed by atoms with Crippen LogP contribution in [0.5, 0.6) is 0 Å². The first-order valence-electron chi connectivity index (χ1n) is 6.54. The van der Waals surface area contributed by atoms with Crippen LogP contribution in [0.1, 0.15) is 16.0 Å². The second-order valence-corrected chi connectivity index (χ2v) is 6.90. The van der Waals surface area contributed by atoms with Crippen LogP contribution in [0.3, 0.4) is 0 Å². The molecule has 0 radical (unpaired) electrons. The van der Waals surface area contributed by atoms with E-state index in [2.05, 4.69) is 56.1 Å². The minimum Gasteiger partial charge on any atom is -0.295 e. The number of rotatable bonds is 2. The summed E-state index contributed by atoms with van der Waals surface area (Å²) in [7, 11) is 3.60. The third-order valence-electron chi connectivity index (χ3n) is 3.73. The molecular weight excluding hydrogens is 396 g/mol. The number of aryl methyl sites for hydroxylation is 2. The third kappa shape index (κ3) is 2.49.